The van der Waals surface area contributed by atoms with E-state index in [9.17, 15) is 9.59 Å². The van der Waals surface area contributed by atoms with Crippen LogP contribution in [0.25, 0.3) is 5.69 Å². The van der Waals surface area contributed by atoms with E-state index in [0.717, 1.165) is 22.5 Å². The minimum absolute atomic E-state index is 0.191. The molecule has 0 atom stereocenters. The summed E-state index contributed by atoms with van der Waals surface area (Å²) in [6.45, 7) is 8.25. The molecule has 3 amide bonds. The van der Waals surface area contributed by atoms with E-state index >= 15 is 0 Å². The van der Waals surface area contributed by atoms with Gasteiger partial charge in [0.05, 0.1) is 31.3 Å². The Labute approximate surface area is 241 Å². The first-order valence-electron chi connectivity index (χ1n) is 13.4. The molecule has 9 nitrogen and oxygen atoms in total. The number of benzene rings is 3. The zero-order chi connectivity index (χ0) is 29.6. The third-order valence-electron chi connectivity index (χ3n) is 6.58. The van der Waals surface area contributed by atoms with Gasteiger partial charge in [-0.05, 0) is 36.2 Å². The number of nitrogens with one attached hydrogen (secondary N) is 2. The van der Waals surface area contributed by atoms with Gasteiger partial charge in [0.15, 0.2) is 0 Å². The Morgan fingerprint density at radius 2 is 1.61 bits per heavy atom. The third-order valence-corrected chi connectivity index (χ3v) is 6.58. The van der Waals surface area contributed by atoms with Gasteiger partial charge in [0.2, 0.25) is 5.91 Å². The van der Waals surface area contributed by atoms with E-state index in [1.165, 1.54) is 12.0 Å². The van der Waals surface area contributed by atoms with Crippen LogP contribution in [0.1, 0.15) is 37.6 Å². The van der Waals surface area contributed by atoms with Crippen molar-refractivity contribution in [1.82, 2.24) is 14.7 Å². The van der Waals surface area contributed by atoms with E-state index in [4.69, 9.17) is 14.6 Å². The van der Waals surface area contributed by atoms with Crippen molar-refractivity contribution in [3.8, 4) is 17.2 Å². The maximum Gasteiger partial charge on any atom is 0.322 e. The van der Waals surface area contributed by atoms with Crippen LogP contribution in [-0.4, -0.2) is 47.4 Å². The number of carbonyl (C=O) groups excluding carboxylic acids is 2. The van der Waals surface area contributed by atoms with Gasteiger partial charge in [-0.3, -0.25) is 4.79 Å². The highest BCUT2D eigenvalue weighted by molar-refractivity contribution is 5.97. The summed E-state index contributed by atoms with van der Waals surface area (Å²) in [5.41, 5.74) is 3.83. The second-order valence-electron chi connectivity index (χ2n) is 10.7. The first-order chi connectivity index (χ1) is 19.6. The minimum Gasteiger partial charge on any atom is -0.497 e. The van der Waals surface area contributed by atoms with E-state index < -0.39 is 6.03 Å². The highest BCUT2D eigenvalue weighted by Gasteiger charge is 2.24. The summed E-state index contributed by atoms with van der Waals surface area (Å²) in [7, 11) is 3.08. The molecule has 3 aromatic carbocycles. The number of rotatable bonds is 9. The average molecular weight is 556 g/mol. The molecule has 0 bridgehead atoms. The summed E-state index contributed by atoms with van der Waals surface area (Å²) in [4.78, 5) is 28.5. The van der Waals surface area contributed by atoms with E-state index in [1.54, 1.807) is 30.0 Å². The van der Waals surface area contributed by atoms with Gasteiger partial charge in [0, 0.05) is 24.1 Å². The number of hydrogen-bond acceptors (Lipinski definition) is 5. The van der Waals surface area contributed by atoms with Crippen LogP contribution < -0.4 is 20.1 Å². The number of amides is 3. The number of ether oxygens (including phenoxy) is 2. The number of para-hydroxylation sites is 1. The quantitative estimate of drug-likeness (QED) is 0.258. The highest BCUT2D eigenvalue weighted by Crippen LogP contribution is 2.30. The second-order valence-corrected chi connectivity index (χ2v) is 10.7. The SMILES string of the molecule is COc1ccc(NC(=O)N(CC(=O)Nc2cc(C(C)(C)C)nn2-c2ccccc2C)Cc2ccccc2)c(OC)c1. The monoisotopic (exact) mass is 555 g/mol. The number of nitrogens with zero attached hydrogens (tertiary/aromatic N) is 3. The van der Waals surface area contributed by atoms with Crippen LogP contribution in [-0.2, 0) is 16.8 Å². The normalized spacial score (nSPS) is 11.1. The van der Waals surface area contributed by atoms with Gasteiger partial charge in [-0.25, -0.2) is 9.48 Å². The van der Waals surface area contributed by atoms with Crippen LogP contribution in [0.3, 0.4) is 0 Å². The second kappa shape index (κ2) is 12.6. The standard InChI is InChI=1S/C32H37N5O4/c1-22-12-10-11-15-26(22)37-29(19-28(35-37)32(2,3)4)34-30(38)21-36(20-23-13-8-7-9-14-23)31(39)33-25-17-16-24(40-5)18-27(25)41-6/h7-19H,20-21H2,1-6H3,(H,33,39)(H,34,38). The average Bonchev–Trinajstić information content (AvgIpc) is 3.37. The van der Waals surface area contributed by atoms with Crippen LogP contribution in [0, 0.1) is 6.92 Å². The Bertz CT molecular complexity index is 1510. The molecule has 0 spiro atoms. The van der Waals surface area contributed by atoms with Crippen molar-refractivity contribution < 1.29 is 19.1 Å². The Morgan fingerprint density at radius 3 is 2.27 bits per heavy atom. The Kier molecular flexibility index (Phi) is 8.97. The molecule has 0 saturated heterocycles. The molecule has 4 rings (SSSR count). The van der Waals surface area contributed by atoms with Gasteiger partial charge in [-0.1, -0.05) is 69.3 Å². The lowest BCUT2D eigenvalue weighted by molar-refractivity contribution is -0.116. The topological polar surface area (TPSA) is 97.7 Å². The number of methoxy groups -OCH3 is 2. The molecule has 1 heterocycles. The predicted molar refractivity (Wildman–Crippen MR) is 161 cm³/mol. The zero-order valence-electron chi connectivity index (χ0n) is 24.4. The summed E-state index contributed by atoms with van der Waals surface area (Å²) in [6, 6.07) is 23.9. The fourth-order valence-corrected chi connectivity index (χ4v) is 4.28. The first kappa shape index (κ1) is 29.2. The maximum atomic E-state index is 13.5. The van der Waals surface area contributed by atoms with Crippen molar-refractivity contribution in [3.05, 3.63) is 95.7 Å². The third kappa shape index (κ3) is 7.25. The zero-order valence-corrected chi connectivity index (χ0v) is 24.4. The van der Waals surface area contributed by atoms with Crippen molar-refractivity contribution in [3.63, 3.8) is 0 Å². The number of aromatic nitrogens is 2. The highest BCUT2D eigenvalue weighted by atomic mass is 16.5. The van der Waals surface area contributed by atoms with E-state index in [2.05, 4.69) is 31.4 Å². The lowest BCUT2D eigenvalue weighted by Gasteiger charge is -2.23. The molecule has 0 aliphatic carbocycles. The number of aryl methyl sites for hydroxylation is 1. The van der Waals surface area contributed by atoms with Crippen LogP contribution in [0.5, 0.6) is 11.5 Å². The van der Waals surface area contributed by atoms with Crippen LogP contribution >= 0.6 is 0 Å². The molecule has 0 aliphatic heterocycles. The first-order valence-corrected chi connectivity index (χ1v) is 13.4. The number of carbonyl (C=O) groups is 2. The molecule has 41 heavy (non-hydrogen) atoms. The van der Waals surface area contributed by atoms with Crippen molar-refractivity contribution >= 4 is 23.4 Å². The van der Waals surface area contributed by atoms with E-state index in [1.807, 2.05) is 67.6 Å². The predicted octanol–water partition coefficient (Wildman–Crippen LogP) is 6.17. The lowest BCUT2D eigenvalue weighted by atomic mass is 9.92. The van der Waals surface area contributed by atoms with Crippen molar-refractivity contribution in [2.75, 3.05) is 31.4 Å². The van der Waals surface area contributed by atoms with Crippen molar-refractivity contribution in [2.45, 2.75) is 39.7 Å². The number of urea groups is 1. The molecule has 9 heteroatoms. The minimum atomic E-state index is -0.449. The smallest absolute Gasteiger partial charge is 0.322 e. The van der Waals surface area contributed by atoms with E-state index in [0.29, 0.717) is 23.0 Å². The molecule has 0 radical (unpaired) electrons. The van der Waals surface area contributed by atoms with Gasteiger partial charge in [-0.15, -0.1) is 0 Å². The molecule has 1 aromatic heterocycles. The van der Waals surface area contributed by atoms with Gasteiger partial charge in [0.1, 0.15) is 23.9 Å². The molecule has 0 aliphatic rings. The van der Waals surface area contributed by atoms with Gasteiger partial charge >= 0.3 is 6.03 Å². The molecular formula is C32H37N5O4. The molecule has 0 saturated carbocycles. The molecule has 2 N–H and O–H groups in total. The summed E-state index contributed by atoms with van der Waals surface area (Å²) in [5, 5.41) is 10.7. The largest absolute Gasteiger partial charge is 0.497 e. The Morgan fingerprint density at radius 1 is 0.902 bits per heavy atom. The summed E-state index contributed by atoms with van der Waals surface area (Å²) >= 11 is 0. The van der Waals surface area contributed by atoms with Crippen molar-refractivity contribution in [2.24, 2.45) is 0 Å². The van der Waals surface area contributed by atoms with Gasteiger partial charge in [0.25, 0.3) is 0 Å². The van der Waals surface area contributed by atoms with E-state index in [-0.39, 0.29) is 24.4 Å². The molecular weight excluding hydrogens is 518 g/mol. The Balaban J connectivity index is 1.60. The summed E-state index contributed by atoms with van der Waals surface area (Å²) in [5.74, 6) is 1.22. The summed E-state index contributed by atoms with van der Waals surface area (Å²) in [6.07, 6.45) is 0. The van der Waals surface area contributed by atoms with Gasteiger partial charge < -0.3 is 25.0 Å². The van der Waals surface area contributed by atoms with Gasteiger partial charge in [-0.2, -0.15) is 5.10 Å². The Hall–Kier alpha value is -4.79. The number of anilines is 2. The van der Waals surface area contributed by atoms with Crippen LogP contribution in [0.4, 0.5) is 16.3 Å². The van der Waals surface area contributed by atoms with Crippen LogP contribution in [0.15, 0.2) is 78.9 Å². The molecule has 4 aromatic rings. The maximum absolute atomic E-state index is 13.5. The molecule has 214 valence electrons. The van der Waals surface area contributed by atoms with Crippen LogP contribution in [0.2, 0.25) is 0 Å². The number of hydrogen-bond donors (Lipinski definition) is 2. The summed E-state index contributed by atoms with van der Waals surface area (Å²) < 4.78 is 12.4. The molecule has 0 fully saturated rings. The molecule has 0 unspecified atom stereocenters. The fourth-order valence-electron chi connectivity index (χ4n) is 4.28. The lowest BCUT2D eigenvalue weighted by Crippen LogP contribution is -2.40. The van der Waals surface area contributed by atoms with Crippen molar-refractivity contribution in [1.29, 1.82) is 0 Å². The fraction of sp³-hybridized carbons (Fsp3) is 0.281.